The van der Waals surface area contributed by atoms with Crippen LogP contribution in [0.15, 0.2) is 0 Å². The molecule has 0 bridgehead atoms. The maximum atomic E-state index is 11.4. The highest BCUT2D eigenvalue weighted by Crippen LogP contribution is 2.77. The van der Waals surface area contributed by atoms with Gasteiger partial charge in [-0.15, -0.1) is 0 Å². The van der Waals surface area contributed by atoms with Crippen molar-refractivity contribution in [3.05, 3.63) is 0 Å². The fourth-order valence-corrected chi connectivity index (χ4v) is 13.1. The van der Waals surface area contributed by atoms with Gasteiger partial charge in [0.1, 0.15) is 18.3 Å². The summed E-state index contributed by atoms with van der Waals surface area (Å²) >= 11 is 0. The summed E-state index contributed by atoms with van der Waals surface area (Å²) in [4.78, 5) is 0. The quantitative estimate of drug-likeness (QED) is 0.244. The molecule has 0 aromatic heterocycles. The summed E-state index contributed by atoms with van der Waals surface area (Å²) in [5.74, 6) is 3.38. The molecule has 0 amide bonds. The summed E-state index contributed by atoms with van der Waals surface area (Å²) in [5, 5.41) is 53.2. The zero-order chi connectivity index (χ0) is 31.2. The molecule has 0 aromatic carbocycles. The second-order valence-electron chi connectivity index (χ2n) is 17.9. The molecule has 5 fully saturated rings. The number of rotatable bonds is 7. The number of nitrogens with two attached hydrogens (primary N) is 1. The van der Waals surface area contributed by atoms with Crippen molar-refractivity contribution in [1.82, 2.24) is 0 Å². The highest BCUT2D eigenvalue weighted by molar-refractivity contribution is 5.19. The fourth-order valence-electron chi connectivity index (χ4n) is 13.1. The van der Waals surface area contributed by atoms with Crippen LogP contribution in [0.25, 0.3) is 0 Å². The molecule has 5 aliphatic carbocycles. The molecule has 0 heterocycles. The van der Waals surface area contributed by atoms with E-state index >= 15 is 0 Å². The molecule has 1 unspecified atom stereocenters. The van der Waals surface area contributed by atoms with E-state index in [1.807, 2.05) is 6.92 Å². The van der Waals surface area contributed by atoms with Crippen molar-refractivity contribution >= 4 is 0 Å². The Balaban J connectivity index is 1.42. The van der Waals surface area contributed by atoms with Gasteiger partial charge in [0.25, 0.3) is 0 Å². The lowest BCUT2D eigenvalue weighted by Gasteiger charge is -2.73. The fraction of sp³-hybridized carbons (Fsp3) is 1.00. The van der Waals surface area contributed by atoms with Gasteiger partial charge in [-0.3, -0.25) is 0 Å². The Kier molecular flexibility index (Phi) is 8.63. The molecule has 6 heteroatoms. The van der Waals surface area contributed by atoms with E-state index in [-0.39, 0.29) is 29.2 Å². The summed E-state index contributed by atoms with van der Waals surface area (Å²) in [6.07, 6.45) is 5.26. The monoisotopic (exact) mass is 591 g/mol. The third kappa shape index (κ3) is 4.54. The minimum absolute atomic E-state index is 0.226. The second-order valence-corrected chi connectivity index (χ2v) is 17.9. The second kappa shape index (κ2) is 10.9. The van der Waals surface area contributed by atoms with Gasteiger partial charge < -0.3 is 31.3 Å². The largest absolute Gasteiger partial charge is 0.390 e. The van der Waals surface area contributed by atoms with Gasteiger partial charge in [-0.25, -0.2) is 0 Å². The molecule has 0 aromatic rings. The Hall–Kier alpha value is -0.240. The van der Waals surface area contributed by atoms with Crippen molar-refractivity contribution in [1.29, 1.82) is 0 Å². The van der Waals surface area contributed by atoms with E-state index in [2.05, 4.69) is 48.5 Å². The predicted molar refractivity (Wildman–Crippen MR) is 167 cm³/mol. The highest BCUT2D eigenvalue weighted by Gasteiger charge is 2.70. The first kappa shape index (κ1) is 33.1. The van der Waals surface area contributed by atoms with Gasteiger partial charge in [-0.05, 0) is 133 Å². The zero-order valence-electron chi connectivity index (χ0n) is 28.0. The van der Waals surface area contributed by atoms with Crippen molar-refractivity contribution in [2.24, 2.45) is 74.2 Å². The van der Waals surface area contributed by atoms with Crippen LogP contribution in [0.3, 0.4) is 0 Å². The van der Waals surface area contributed by atoms with Gasteiger partial charge in [-0.1, -0.05) is 55.4 Å². The van der Waals surface area contributed by atoms with E-state index in [0.717, 1.165) is 30.6 Å². The Morgan fingerprint density at radius 1 is 0.667 bits per heavy atom. The first-order chi connectivity index (χ1) is 19.4. The lowest BCUT2D eigenvalue weighted by atomic mass is 9.32. The van der Waals surface area contributed by atoms with Crippen molar-refractivity contribution < 1.29 is 25.5 Å². The molecule has 16 atom stereocenters. The van der Waals surface area contributed by atoms with Crippen molar-refractivity contribution in [2.75, 3.05) is 6.54 Å². The Morgan fingerprint density at radius 2 is 1.31 bits per heavy atom. The molecule has 244 valence electrons. The number of aliphatic hydroxyl groups excluding tert-OH is 5. The summed E-state index contributed by atoms with van der Waals surface area (Å²) in [5.41, 5.74) is 7.02. The topological polar surface area (TPSA) is 127 Å². The van der Waals surface area contributed by atoms with E-state index in [1.165, 1.54) is 51.4 Å². The maximum Gasteiger partial charge on any atom is 0.111 e. The van der Waals surface area contributed by atoms with Crippen LogP contribution in [-0.2, 0) is 0 Å². The van der Waals surface area contributed by atoms with Gasteiger partial charge in [-0.2, -0.15) is 0 Å². The molecule has 5 rings (SSSR count). The lowest BCUT2D eigenvalue weighted by molar-refractivity contribution is -0.243. The van der Waals surface area contributed by atoms with Crippen LogP contribution in [0, 0.1) is 68.5 Å². The molecule has 5 saturated carbocycles. The van der Waals surface area contributed by atoms with Crippen LogP contribution in [0.2, 0.25) is 0 Å². The van der Waals surface area contributed by atoms with Crippen LogP contribution in [0.4, 0.5) is 0 Å². The number of hydrogen-bond acceptors (Lipinski definition) is 6. The first-order valence-corrected chi connectivity index (χ1v) is 17.5. The average Bonchev–Trinajstić information content (AvgIpc) is 3.30. The smallest absolute Gasteiger partial charge is 0.111 e. The third-order valence-electron chi connectivity index (χ3n) is 16.4. The molecule has 0 radical (unpaired) electrons. The van der Waals surface area contributed by atoms with E-state index in [0.29, 0.717) is 28.1 Å². The third-order valence-corrected chi connectivity index (χ3v) is 16.4. The van der Waals surface area contributed by atoms with Crippen molar-refractivity contribution in [3.63, 3.8) is 0 Å². The van der Waals surface area contributed by atoms with E-state index in [9.17, 15) is 25.5 Å². The standard InChI is InChI=1S/C36H65NO5/c1-20-11-15-34(6)25(32(20,3)4)13-16-36(8)26(34)10-9-23-27-22(12-14-33(27,5)17-18-35(23,36)7)21(2)28(39)30(41)31(42)29(40)24(38)19-37/h20-31,38-42H,9-19,37H2,1-8H3/t20-,21?,22-,23+,24-,25-,26+,27+,28+,29-,30+,31-,33+,34-,35+,36+/m0/s1. The van der Waals surface area contributed by atoms with Gasteiger partial charge in [0.05, 0.1) is 12.2 Å². The summed E-state index contributed by atoms with van der Waals surface area (Å²) in [6.45, 7) is 19.9. The molecule has 0 spiro atoms. The van der Waals surface area contributed by atoms with Gasteiger partial charge in [0.15, 0.2) is 0 Å². The Labute approximate surface area is 256 Å². The van der Waals surface area contributed by atoms with Gasteiger partial charge in [0.2, 0.25) is 0 Å². The minimum atomic E-state index is -1.65. The predicted octanol–water partition coefficient (Wildman–Crippen LogP) is 5.12. The van der Waals surface area contributed by atoms with Crippen LogP contribution >= 0.6 is 0 Å². The summed E-state index contributed by atoms with van der Waals surface area (Å²) < 4.78 is 0. The lowest BCUT2D eigenvalue weighted by Crippen LogP contribution is -2.66. The molecule has 0 aliphatic heterocycles. The Morgan fingerprint density at radius 3 is 1.95 bits per heavy atom. The van der Waals surface area contributed by atoms with Crippen LogP contribution in [0.5, 0.6) is 0 Å². The molecule has 7 N–H and O–H groups in total. The first-order valence-electron chi connectivity index (χ1n) is 17.5. The molecular weight excluding hydrogens is 526 g/mol. The zero-order valence-corrected chi connectivity index (χ0v) is 28.0. The van der Waals surface area contributed by atoms with Crippen molar-refractivity contribution in [2.45, 2.75) is 150 Å². The summed E-state index contributed by atoms with van der Waals surface area (Å²) in [6, 6.07) is 0. The van der Waals surface area contributed by atoms with E-state index in [1.54, 1.807) is 0 Å². The number of fused-ring (bicyclic) bond motifs is 7. The van der Waals surface area contributed by atoms with Crippen LogP contribution in [-0.4, -0.2) is 62.6 Å². The van der Waals surface area contributed by atoms with Crippen LogP contribution in [0.1, 0.15) is 120 Å². The van der Waals surface area contributed by atoms with E-state index < -0.39 is 30.5 Å². The van der Waals surface area contributed by atoms with Crippen LogP contribution < -0.4 is 5.73 Å². The number of hydrogen-bond donors (Lipinski definition) is 6. The van der Waals surface area contributed by atoms with Gasteiger partial charge in [0, 0.05) is 6.54 Å². The normalized spacial score (nSPS) is 50.7. The molecule has 6 nitrogen and oxygen atoms in total. The Bertz CT molecular complexity index is 990. The van der Waals surface area contributed by atoms with E-state index in [4.69, 9.17) is 5.73 Å². The van der Waals surface area contributed by atoms with Crippen molar-refractivity contribution in [3.8, 4) is 0 Å². The molecule has 0 saturated heterocycles. The number of aliphatic hydroxyl groups is 5. The molecular formula is C36H65NO5. The SMILES string of the molecule is CC([C@@H](O)[C@@H](O)[C@@H](O)[C@@H](O)[C@@H](O)CN)[C@@H]1CC[C@]2(C)CC[C@]3(C)[C@H](CC[C@@H]4[C@@]5(C)CC[C@H](C)C(C)(C)[C@@H]5CC[C@]43C)[C@@H]12. The average molecular weight is 592 g/mol. The highest BCUT2D eigenvalue weighted by atomic mass is 16.4. The molecule has 42 heavy (non-hydrogen) atoms. The maximum absolute atomic E-state index is 11.4. The summed E-state index contributed by atoms with van der Waals surface area (Å²) in [7, 11) is 0. The molecule has 5 aliphatic rings. The van der Waals surface area contributed by atoms with Gasteiger partial charge >= 0.3 is 0 Å². The minimum Gasteiger partial charge on any atom is -0.390 e.